The largest absolute Gasteiger partial charge is 0.344 e. The molecule has 4 rings (SSSR count). The second-order valence-corrected chi connectivity index (χ2v) is 11.5. The normalized spacial score (nSPS) is 26.3. The van der Waals surface area contributed by atoms with Crippen molar-refractivity contribution in [2.45, 2.75) is 84.2 Å². The van der Waals surface area contributed by atoms with Crippen molar-refractivity contribution >= 4 is 11.8 Å². The van der Waals surface area contributed by atoms with Crippen molar-refractivity contribution in [3.8, 4) is 0 Å². The van der Waals surface area contributed by atoms with Gasteiger partial charge in [0, 0.05) is 39.1 Å². The lowest BCUT2D eigenvalue weighted by molar-refractivity contribution is -0.139. The number of nitrogens with zero attached hydrogens (tertiary/aromatic N) is 2. The van der Waals surface area contributed by atoms with Gasteiger partial charge in [-0.15, -0.1) is 0 Å². The fraction of sp³-hybridized carbons (Fsp3) is 0.724. The zero-order valence-electron chi connectivity index (χ0n) is 21.4. The van der Waals surface area contributed by atoms with Crippen LogP contribution < -0.4 is 5.32 Å². The molecule has 2 unspecified atom stereocenters. The summed E-state index contributed by atoms with van der Waals surface area (Å²) in [7, 11) is 0. The van der Waals surface area contributed by atoms with Crippen LogP contribution in [0.2, 0.25) is 0 Å². The van der Waals surface area contributed by atoms with E-state index < -0.39 is 6.04 Å². The van der Waals surface area contributed by atoms with Crippen LogP contribution in [0.1, 0.15) is 77.2 Å². The van der Waals surface area contributed by atoms with Crippen molar-refractivity contribution < 1.29 is 9.59 Å². The number of rotatable bonds is 9. The summed E-state index contributed by atoms with van der Waals surface area (Å²) in [6.45, 7) is 8.22. The lowest BCUT2D eigenvalue weighted by atomic mass is 9.67. The highest BCUT2D eigenvalue weighted by Gasteiger charge is 2.32. The monoisotopic (exact) mass is 467 g/mol. The summed E-state index contributed by atoms with van der Waals surface area (Å²) < 4.78 is 0. The fourth-order valence-corrected chi connectivity index (χ4v) is 6.58. The number of amides is 2. The van der Waals surface area contributed by atoms with Crippen LogP contribution in [0.4, 0.5) is 0 Å². The van der Waals surface area contributed by atoms with Gasteiger partial charge in [-0.05, 0) is 61.3 Å². The average Bonchev–Trinajstić information content (AvgIpc) is 2.83. The zero-order chi connectivity index (χ0) is 23.9. The van der Waals surface area contributed by atoms with Crippen LogP contribution in [-0.2, 0) is 16.1 Å². The first-order chi connectivity index (χ1) is 16.5. The fourth-order valence-electron chi connectivity index (χ4n) is 6.58. The van der Waals surface area contributed by atoms with Crippen molar-refractivity contribution in [1.29, 1.82) is 0 Å². The number of nitrogens with one attached hydrogen (secondary N) is 1. The van der Waals surface area contributed by atoms with E-state index in [1.165, 1.54) is 50.5 Å². The molecule has 5 heteroatoms. The summed E-state index contributed by atoms with van der Waals surface area (Å²) in [6, 6.07) is 10.1. The standard InChI is InChI=1S/C29H45N3O2/c1-22(2)28(29(34)32-16-14-31(15-17-32)21-23-8-4-3-5-9-23)30-27(33)13-7-12-26-19-24-10-6-11-25(18-24)20-26/h3-5,8-9,22,24-26,28H,6-7,10-21H2,1-2H3,(H,30,33)/t24?,25?,26?,28-/m1/s1. The molecule has 3 aliphatic rings. The highest BCUT2D eigenvalue weighted by molar-refractivity contribution is 5.88. The van der Waals surface area contributed by atoms with Crippen LogP contribution in [0, 0.1) is 23.7 Å². The summed E-state index contributed by atoms with van der Waals surface area (Å²) in [5.41, 5.74) is 1.31. The summed E-state index contributed by atoms with van der Waals surface area (Å²) >= 11 is 0. The van der Waals surface area contributed by atoms with E-state index in [0.29, 0.717) is 6.42 Å². The molecule has 188 valence electrons. The first-order valence-corrected chi connectivity index (χ1v) is 13.8. The highest BCUT2D eigenvalue weighted by atomic mass is 16.2. The predicted octanol–water partition coefficient (Wildman–Crippen LogP) is 4.86. The molecule has 0 radical (unpaired) electrons. The number of carbonyl (C=O) groups is 2. The van der Waals surface area contributed by atoms with Gasteiger partial charge in [-0.25, -0.2) is 0 Å². The van der Waals surface area contributed by atoms with E-state index in [1.807, 2.05) is 24.8 Å². The first kappa shape index (κ1) is 25.2. The number of benzene rings is 1. The Morgan fingerprint density at radius 3 is 2.29 bits per heavy atom. The van der Waals surface area contributed by atoms with Crippen LogP contribution in [-0.4, -0.2) is 53.8 Å². The van der Waals surface area contributed by atoms with Gasteiger partial charge in [0.2, 0.25) is 11.8 Å². The van der Waals surface area contributed by atoms with E-state index >= 15 is 0 Å². The van der Waals surface area contributed by atoms with Crippen molar-refractivity contribution in [3.63, 3.8) is 0 Å². The van der Waals surface area contributed by atoms with E-state index in [-0.39, 0.29) is 17.7 Å². The first-order valence-electron chi connectivity index (χ1n) is 13.8. The second kappa shape index (κ2) is 12.2. The van der Waals surface area contributed by atoms with E-state index in [1.54, 1.807) is 0 Å². The SMILES string of the molecule is CC(C)[C@@H](NC(=O)CCCC1CC2CCCC(C1)C2)C(=O)N1CCN(Cc2ccccc2)CC1. The summed E-state index contributed by atoms with van der Waals surface area (Å²) in [5, 5.41) is 3.10. The third-order valence-electron chi connectivity index (χ3n) is 8.42. The molecule has 3 fully saturated rings. The smallest absolute Gasteiger partial charge is 0.245 e. The van der Waals surface area contributed by atoms with Crippen LogP contribution in [0.15, 0.2) is 30.3 Å². The minimum atomic E-state index is -0.415. The maximum absolute atomic E-state index is 13.3. The van der Waals surface area contributed by atoms with Crippen LogP contribution >= 0.6 is 0 Å². The summed E-state index contributed by atoms with van der Waals surface area (Å²) in [5.74, 6) is 2.93. The average molecular weight is 468 g/mol. The molecule has 5 nitrogen and oxygen atoms in total. The minimum absolute atomic E-state index is 0.0470. The lowest BCUT2D eigenvalue weighted by Crippen LogP contribution is -2.56. The quantitative estimate of drug-likeness (QED) is 0.564. The molecule has 0 aromatic heterocycles. The molecule has 1 heterocycles. The Kier molecular flexibility index (Phi) is 9.04. The minimum Gasteiger partial charge on any atom is -0.344 e. The number of hydrogen-bond acceptors (Lipinski definition) is 3. The molecule has 2 bridgehead atoms. The van der Waals surface area contributed by atoms with Gasteiger partial charge in [0.05, 0.1) is 0 Å². The molecule has 2 saturated carbocycles. The number of carbonyl (C=O) groups excluding carboxylic acids is 2. The number of fused-ring (bicyclic) bond motifs is 2. The van der Waals surface area contributed by atoms with Crippen LogP contribution in [0.25, 0.3) is 0 Å². The lowest BCUT2D eigenvalue weighted by Gasteiger charge is -2.39. The van der Waals surface area contributed by atoms with E-state index in [4.69, 9.17) is 0 Å². The van der Waals surface area contributed by atoms with Gasteiger partial charge in [0.15, 0.2) is 0 Å². The molecule has 1 saturated heterocycles. The molecule has 34 heavy (non-hydrogen) atoms. The van der Waals surface area contributed by atoms with Gasteiger partial charge in [-0.3, -0.25) is 14.5 Å². The molecule has 1 aromatic rings. The Labute approximate surface area is 206 Å². The molecule has 0 spiro atoms. The van der Waals surface area contributed by atoms with Crippen molar-refractivity contribution in [2.75, 3.05) is 26.2 Å². The van der Waals surface area contributed by atoms with E-state index in [9.17, 15) is 9.59 Å². The molecule has 1 aliphatic heterocycles. The molecule has 1 aromatic carbocycles. The Hall–Kier alpha value is -1.88. The summed E-state index contributed by atoms with van der Waals surface area (Å²) in [4.78, 5) is 30.4. The van der Waals surface area contributed by atoms with Gasteiger partial charge in [-0.2, -0.15) is 0 Å². The Balaban J connectivity index is 1.19. The van der Waals surface area contributed by atoms with Gasteiger partial charge < -0.3 is 10.2 Å². The van der Waals surface area contributed by atoms with Crippen LogP contribution in [0.5, 0.6) is 0 Å². The molecule has 2 aliphatic carbocycles. The van der Waals surface area contributed by atoms with Crippen molar-refractivity contribution in [2.24, 2.45) is 23.7 Å². The Bertz CT molecular complexity index is 776. The van der Waals surface area contributed by atoms with Gasteiger partial charge >= 0.3 is 0 Å². The highest BCUT2D eigenvalue weighted by Crippen LogP contribution is 2.43. The third kappa shape index (κ3) is 7.07. The molecular formula is C29H45N3O2. The second-order valence-electron chi connectivity index (χ2n) is 11.5. The zero-order valence-corrected chi connectivity index (χ0v) is 21.4. The van der Waals surface area contributed by atoms with E-state index in [0.717, 1.165) is 56.9 Å². The van der Waals surface area contributed by atoms with E-state index in [2.05, 4.69) is 34.5 Å². The molecule has 1 N–H and O–H groups in total. The topological polar surface area (TPSA) is 52.7 Å². The maximum atomic E-state index is 13.3. The third-order valence-corrected chi connectivity index (χ3v) is 8.42. The molecular weight excluding hydrogens is 422 g/mol. The Morgan fingerprint density at radius 2 is 1.65 bits per heavy atom. The maximum Gasteiger partial charge on any atom is 0.245 e. The number of hydrogen-bond donors (Lipinski definition) is 1. The molecule has 3 atom stereocenters. The number of piperazine rings is 1. The van der Waals surface area contributed by atoms with Gasteiger partial charge in [-0.1, -0.05) is 63.4 Å². The predicted molar refractivity (Wildman–Crippen MR) is 137 cm³/mol. The van der Waals surface area contributed by atoms with Crippen LogP contribution in [0.3, 0.4) is 0 Å². The van der Waals surface area contributed by atoms with Crippen molar-refractivity contribution in [3.05, 3.63) is 35.9 Å². The van der Waals surface area contributed by atoms with Crippen molar-refractivity contribution in [1.82, 2.24) is 15.1 Å². The molecule has 2 amide bonds. The Morgan fingerprint density at radius 1 is 0.971 bits per heavy atom. The van der Waals surface area contributed by atoms with Gasteiger partial charge in [0.25, 0.3) is 0 Å². The van der Waals surface area contributed by atoms with Gasteiger partial charge in [0.1, 0.15) is 6.04 Å². The summed E-state index contributed by atoms with van der Waals surface area (Å²) in [6.07, 6.45) is 11.2.